The molecule has 4 rings (SSSR count). The number of benzene rings is 2. The van der Waals surface area contributed by atoms with E-state index in [-0.39, 0.29) is 24.3 Å². The summed E-state index contributed by atoms with van der Waals surface area (Å²) in [6.45, 7) is 9.84. The number of nitrogens with zero attached hydrogens (tertiary/aromatic N) is 2. The van der Waals surface area contributed by atoms with E-state index in [9.17, 15) is 14.4 Å². The van der Waals surface area contributed by atoms with Crippen molar-refractivity contribution in [2.75, 3.05) is 40.1 Å². The van der Waals surface area contributed by atoms with Crippen molar-refractivity contribution < 1.29 is 38.0 Å². The molecular formula is C32H35ClN2O9S. The zero-order valence-electron chi connectivity index (χ0n) is 25.9. The Hall–Kier alpha value is -4.29. The molecule has 1 aromatic heterocycles. The lowest BCUT2D eigenvalue weighted by atomic mass is 9.95. The Morgan fingerprint density at radius 1 is 0.956 bits per heavy atom. The van der Waals surface area contributed by atoms with Gasteiger partial charge in [0, 0.05) is 0 Å². The summed E-state index contributed by atoms with van der Waals surface area (Å²) in [6.07, 6.45) is 1.70. The van der Waals surface area contributed by atoms with Crippen LogP contribution in [-0.4, -0.2) is 56.6 Å². The molecule has 0 saturated heterocycles. The van der Waals surface area contributed by atoms with Crippen LogP contribution in [0.4, 0.5) is 0 Å². The van der Waals surface area contributed by atoms with Gasteiger partial charge in [0.15, 0.2) is 34.4 Å². The summed E-state index contributed by atoms with van der Waals surface area (Å²) in [4.78, 5) is 44.1. The first kappa shape index (κ1) is 33.6. The van der Waals surface area contributed by atoms with Gasteiger partial charge < -0.3 is 28.4 Å². The van der Waals surface area contributed by atoms with Crippen molar-refractivity contribution in [1.82, 2.24) is 4.57 Å². The van der Waals surface area contributed by atoms with Crippen LogP contribution in [0.2, 0.25) is 5.02 Å². The molecule has 0 bridgehead atoms. The van der Waals surface area contributed by atoms with E-state index in [1.54, 1.807) is 57.2 Å². The van der Waals surface area contributed by atoms with Crippen LogP contribution < -0.4 is 33.8 Å². The molecule has 0 aliphatic carbocycles. The predicted molar refractivity (Wildman–Crippen MR) is 169 cm³/mol. The van der Waals surface area contributed by atoms with Gasteiger partial charge in [0.1, 0.15) is 0 Å². The van der Waals surface area contributed by atoms with Gasteiger partial charge in [-0.15, -0.1) is 0 Å². The lowest BCUT2D eigenvalue weighted by Crippen LogP contribution is -2.40. The number of fused-ring (bicyclic) bond motifs is 1. The Morgan fingerprint density at radius 3 is 2.33 bits per heavy atom. The third-order valence-corrected chi connectivity index (χ3v) is 7.86. The molecule has 3 aromatic rings. The Morgan fingerprint density at radius 2 is 1.67 bits per heavy atom. The minimum Gasteiger partial charge on any atom is -0.490 e. The van der Waals surface area contributed by atoms with E-state index in [4.69, 9.17) is 35.3 Å². The van der Waals surface area contributed by atoms with Crippen molar-refractivity contribution in [2.24, 2.45) is 4.99 Å². The molecule has 1 aliphatic rings. The fourth-order valence-corrected chi connectivity index (χ4v) is 6.08. The molecule has 0 amide bonds. The molecule has 45 heavy (non-hydrogen) atoms. The lowest BCUT2D eigenvalue weighted by molar-refractivity contribution is -0.143. The molecule has 1 aliphatic heterocycles. The average Bonchev–Trinajstić information content (AvgIpc) is 3.31. The monoisotopic (exact) mass is 658 g/mol. The normalized spacial score (nSPS) is 14.4. The summed E-state index contributed by atoms with van der Waals surface area (Å²) in [6, 6.07) is 7.56. The number of carbonyl (C=O) groups is 2. The lowest BCUT2D eigenvalue weighted by Gasteiger charge is -2.25. The maximum absolute atomic E-state index is 14.1. The van der Waals surface area contributed by atoms with Crippen molar-refractivity contribution in [3.63, 3.8) is 0 Å². The van der Waals surface area contributed by atoms with Crippen molar-refractivity contribution >= 4 is 41.0 Å². The Balaban J connectivity index is 1.90. The number of esters is 2. The molecule has 0 unspecified atom stereocenters. The number of carbonyl (C=O) groups excluding carboxylic acids is 2. The molecule has 2 heterocycles. The van der Waals surface area contributed by atoms with Crippen LogP contribution >= 0.6 is 22.9 Å². The minimum absolute atomic E-state index is 0.137. The molecule has 0 fully saturated rings. The highest BCUT2D eigenvalue weighted by molar-refractivity contribution is 7.07. The van der Waals surface area contributed by atoms with Gasteiger partial charge in [-0.1, -0.05) is 29.0 Å². The fraction of sp³-hybridized carbons (Fsp3) is 0.375. The van der Waals surface area contributed by atoms with E-state index in [0.29, 0.717) is 74.0 Å². The van der Waals surface area contributed by atoms with Crippen LogP contribution in [-0.2, 0) is 19.1 Å². The van der Waals surface area contributed by atoms with E-state index >= 15 is 0 Å². The van der Waals surface area contributed by atoms with E-state index in [1.165, 1.54) is 23.0 Å². The number of halogens is 1. The quantitative estimate of drug-likeness (QED) is 0.249. The minimum atomic E-state index is -0.890. The van der Waals surface area contributed by atoms with Crippen molar-refractivity contribution in [2.45, 2.75) is 40.7 Å². The van der Waals surface area contributed by atoms with Crippen LogP contribution in [0, 0.1) is 0 Å². The number of aromatic nitrogens is 1. The number of methoxy groups -OCH3 is 1. The number of allylic oxidation sites excluding steroid dienone is 1. The van der Waals surface area contributed by atoms with Crippen molar-refractivity contribution in [1.29, 1.82) is 0 Å². The van der Waals surface area contributed by atoms with Crippen LogP contribution in [0.25, 0.3) is 6.08 Å². The maximum Gasteiger partial charge on any atom is 0.343 e. The summed E-state index contributed by atoms with van der Waals surface area (Å²) < 4.78 is 34.8. The number of thiazole rings is 1. The second-order valence-corrected chi connectivity index (χ2v) is 10.9. The fourth-order valence-electron chi connectivity index (χ4n) is 4.75. The highest BCUT2D eigenvalue weighted by Crippen LogP contribution is 2.38. The Bertz CT molecular complexity index is 1790. The van der Waals surface area contributed by atoms with Gasteiger partial charge in [-0.3, -0.25) is 9.36 Å². The van der Waals surface area contributed by atoms with Crippen LogP contribution in [0.15, 0.2) is 51.4 Å². The Kier molecular flexibility index (Phi) is 11.3. The van der Waals surface area contributed by atoms with Gasteiger partial charge in [-0.05, 0) is 76.1 Å². The van der Waals surface area contributed by atoms with Gasteiger partial charge in [0.2, 0.25) is 0 Å². The first-order valence-electron chi connectivity index (χ1n) is 14.4. The Labute approximate surface area is 269 Å². The van der Waals surface area contributed by atoms with Crippen LogP contribution in [0.1, 0.15) is 51.8 Å². The maximum atomic E-state index is 14.1. The third-order valence-electron chi connectivity index (χ3n) is 6.59. The van der Waals surface area contributed by atoms with Gasteiger partial charge >= 0.3 is 11.9 Å². The number of hydrogen-bond acceptors (Lipinski definition) is 11. The number of rotatable bonds is 13. The van der Waals surface area contributed by atoms with E-state index in [1.807, 2.05) is 13.8 Å². The third kappa shape index (κ3) is 7.34. The van der Waals surface area contributed by atoms with E-state index < -0.39 is 18.0 Å². The number of hydrogen-bond donors (Lipinski definition) is 0. The first-order chi connectivity index (χ1) is 21.7. The number of ether oxygens (including phenoxy) is 6. The smallest absolute Gasteiger partial charge is 0.343 e. The zero-order valence-corrected chi connectivity index (χ0v) is 27.5. The molecule has 0 saturated carbocycles. The molecular weight excluding hydrogens is 624 g/mol. The molecule has 0 N–H and O–H groups in total. The van der Waals surface area contributed by atoms with E-state index in [2.05, 4.69) is 9.73 Å². The van der Waals surface area contributed by atoms with Crippen LogP contribution in [0.3, 0.4) is 0 Å². The summed E-state index contributed by atoms with van der Waals surface area (Å²) in [7, 11) is 1.27. The summed E-state index contributed by atoms with van der Waals surface area (Å²) in [5, 5.41) is 0.345. The zero-order chi connectivity index (χ0) is 32.7. The first-order valence-corrected chi connectivity index (χ1v) is 15.6. The highest BCUT2D eigenvalue weighted by atomic mass is 35.5. The summed E-state index contributed by atoms with van der Waals surface area (Å²) in [5.41, 5.74) is 1.43. The molecule has 11 nitrogen and oxygen atoms in total. The van der Waals surface area contributed by atoms with Gasteiger partial charge in [0.05, 0.1) is 60.4 Å². The molecule has 2 aromatic carbocycles. The second-order valence-electron chi connectivity index (χ2n) is 9.50. The average molecular weight is 659 g/mol. The van der Waals surface area contributed by atoms with E-state index in [0.717, 1.165) is 0 Å². The largest absolute Gasteiger partial charge is 0.490 e. The molecule has 1 atom stereocenters. The topological polar surface area (TPSA) is 124 Å². The highest BCUT2D eigenvalue weighted by Gasteiger charge is 2.34. The van der Waals surface area contributed by atoms with Gasteiger partial charge in [-0.25, -0.2) is 14.6 Å². The second kappa shape index (κ2) is 15.1. The predicted octanol–water partition coefficient (Wildman–Crippen LogP) is 4.20. The van der Waals surface area contributed by atoms with Gasteiger partial charge in [-0.2, -0.15) is 0 Å². The van der Waals surface area contributed by atoms with Crippen LogP contribution in [0.5, 0.6) is 23.0 Å². The molecule has 0 radical (unpaired) electrons. The molecule has 0 spiro atoms. The van der Waals surface area contributed by atoms with Crippen molar-refractivity contribution in [3.8, 4) is 23.0 Å². The summed E-state index contributed by atoms with van der Waals surface area (Å²) in [5.74, 6) is 0.363. The SMILES string of the molecule is CCOC(=O)C1=C(C)N=c2s/c(=C\c3cc(Cl)c(OCC)c(OCC)c3)c(=O)n2[C@@H]1c1ccc(OCC(=O)OC)c(OCC)c1. The molecule has 13 heteroatoms. The molecule has 240 valence electrons. The summed E-state index contributed by atoms with van der Waals surface area (Å²) >= 11 is 7.71. The van der Waals surface area contributed by atoms with Crippen molar-refractivity contribution in [3.05, 3.63) is 77.4 Å². The standard InChI is InChI=1S/C32H35ClN2O9S/c1-7-40-23-16-20(11-12-22(23)44-17-26(36)39-6)28-27(31(38)43-10-4)18(5)34-32-35(28)30(37)25(45-32)15-19-13-21(33)29(42-9-3)24(14-19)41-8-2/h11-16,28H,7-10,17H2,1-6H3/b25-15-/t28-/m1/s1. The van der Waals surface area contributed by atoms with Gasteiger partial charge in [0.25, 0.3) is 5.56 Å².